The van der Waals surface area contributed by atoms with E-state index in [1.165, 1.54) is 103 Å². The van der Waals surface area contributed by atoms with Crippen molar-refractivity contribution in [2.24, 2.45) is 5.92 Å². The molecule has 0 saturated carbocycles. The molecule has 0 rings (SSSR count). The largest absolute Gasteiger partial charge is 0.356 e. The highest BCUT2D eigenvalue weighted by Crippen LogP contribution is 2.13. The molecule has 0 saturated heterocycles. The summed E-state index contributed by atoms with van der Waals surface area (Å²) in [6.07, 6.45) is 27.4. The number of hydrogen-bond acceptors (Lipinski definition) is 2. The Balaban J connectivity index is 3.68. The van der Waals surface area contributed by atoms with Gasteiger partial charge in [0.25, 0.3) is 0 Å². The molecule has 0 aromatic carbocycles. The summed E-state index contributed by atoms with van der Waals surface area (Å²) in [6, 6.07) is 0.244. The molecule has 4 nitrogen and oxygen atoms in total. The van der Waals surface area contributed by atoms with E-state index in [9.17, 15) is 9.59 Å². The minimum absolute atomic E-state index is 0.201. The van der Waals surface area contributed by atoms with Gasteiger partial charge in [-0.2, -0.15) is 0 Å². The molecule has 2 N–H and O–H groups in total. The lowest BCUT2D eigenvalue weighted by Crippen LogP contribution is -2.38. The second-order valence-corrected chi connectivity index (χ2v) is 11.4. The van der Waals surface area contributed by atoms with Crippen LogP contribution in [0.3, 0.4) is 0 Å². The van der Waals surface area contributed by atoms with Crippen LogP contribution in [0, 0.1) is 5.92 Å². The quantitative estimate of drug-likeness (QED) is 0.109. The zero-order valence-electron chi connectivity index (χ0n) is 24.9. The van der Waals surface area contributed by atoms with Crippen LogP contribution in [0.4, 0.5) is 0 Å². The predicted octanol–water partition coefficient (Wildman–Crippen LogP) is 9.26. The molecule has 0 heterocycles. The molecule has 0 spiro atoms. The van der Waals surface area contributed by atoms with E-state index >= 15 is 0 Å². The fraction of sp³-hybridized carbons (Fsp3) is 0.938. The summed E-state index contributed by atoms with van der Waals surface area (Å²) in [5.41, 5.74) is 0. The average molecular weight is 509 g/mol. The summed E-state index contributed by atoms with van der Waals surface area (Å²) in [5.74, 6) is 0.858. The molecule has 0 bridgehead atoms. The monoisotopic (exact) mass is 508 g/mol. The van der Waals surface area contributed by atoms with Gasteiger partial charge < -0.3 is 10.6 Å². The lowest BCUT2D eigenvalue weighted by molar-refractivity contribution is -0.122. The second kappa shape index (κ2) is 27.0. The summed E-state index contributed by atoms with van der Waals surface area (Å²) in [7, 11) is 0. The Kier molecular flexibility index (Phi) is 26.2. The topological polar surface area (TPSA) is 58.2 Å². The minimum Gasteiger partial charge on any atom is -0.356 e. The van der Waals surface area contributed by atoms with Crippen LogP contribution >= 0.6 is 0 Å². The van der Waals surface area contributed by atoms with Gasteiger partial charge in [0.2, 0.25) is 11.8 Å². The van der Waals surface area contributed by atoms with Gasteiger partial charge in [-0.25, -0.2) is 0 Å². The average Bonchev–Trinajstić information content (AvgIpc) is 2.85. The summed E-state index contributed by atoms with van der Waals surface area (Å²) in [5, 5.41) is 6.36. The summed E-state index contributed by atoms with van der Waals surface area (Å²) >= 11 is 0. The van der Waals surface area contributed by atoms with E-state index in [4.69, 9.17) is 0 Å². The Bertz CT molecular complexity index is 493. The standard InChI is InChI=1S/C32H64N2O2/c1-5-7-9-11-13-15-17-19-21-26-31(35)33-28-24-23-25-30(29(3)4)34-32(36)27-22-20-18-16-14-12-10-8-6-2/h29-30H,5-28H2,1-4H3,(H,33,35)(H,34,36)/t30-/m0/s1. The molecular weight excluding hydrogens is 444 g/mol. The van der Waals surface area contributed by atoms with Gasteiger partial charge in [0.15, 0.2) is 0 Å². The number of carbonyl (C=O) groups is 2. The molecule has 0 aliphatic rings. The Hall–Kier alpha value is -1.06. The lowest BCUT2D eigenvalue weighted by atomic mass is 9.98. The van der Waals surface area contributed by atoms with Crippen molar-refractivity contribution >= 4 is 11.8 Å². The van der Waals surface area contributed by atoms with Gasteiger partial charge >= 0.3 is 0 Å². The van der Waals surface area contributed by atoms with E-state index in [-0.39, 0.29) is 17.9 Å². The van der Waals surface area contributed by atoms with E-state index < -0.39 is 0 Å². The smallest absolute Gasteiger partial charge is 0.220 e. The van der Waals surface area contributed by atoms with Crippen molar-refractivity contribution < 1.29 is 9.59 Å². The van der Waals surface area contributed by atoms with Crippen molar-refractivity contribution in [1.29, 1.82) is 0 Å². The number of unbranched alkanes of at least 4 members (excludes halogenated alkanes) is 17. The van der Waals surface area contributed by atoms with Crippen molar-refractivity contribution in [1.82, 2.24) is 10.6 Å². The third-order valence-corrected chi connectivity index (χ3v) is 7.43. The molecule has 36 heavy (non-hydrogen) atoms. The van der Waals surface area contributed by atoms with Crippen molar-refractivity contribution in [3.63, 3.8) is 0 Å². The van der Waals surface area contributed by atoms with E-state index in [0.717, 1.165) is 38.6 Å². The van der Waals surface area contributed by atoms with E-state index in [0.29, 0.717) is 18.8 Å². The third-order valence-electron chi connectivity index (χ3n) is 7.43. The number of amides is 2. The third kappa shape index (κ3) is 24.6. The second-order valence-electron chi connectivity index (χ2n) is 11.4. The van der Waals surface area contributed by atoms with Crippen molar-refractivity contribution in [2.75, 3.05) is 6.54 Å². The summed E-state index contributed by atoms with van der Waals surface area (Å²) < 4.78 is 0. The van der Waals surface area contributed by atoms with E-state index in [1.807, 2.05) is 0 Å². The zero-order valence-corrected chi connectivity index (χ0v) is 24.9. The maximum Gasteiger partial charge on any atom is 0.220 e. The molecule has 0 radical (unpaired) electrons. The first-order valence-corrected chi connectivity index (χ1v) is 16.1. The molecular formula is C32H64N2O2. The van der Waals surface area contributed by atoms with Crippen LogP contribution < -0.4 is 10.6 Å². The minimum atomic E-state index is 0.201. The molecule has 0 fully saturated rings. The maximum absolute atomic E-state index is 12.4. The molecule has 0 aromatic heterocycles. The van der Waals surface area contributed by atoms with E-state index in [2.05, 4.69) is 38.3 Å². The van der Waals surface area contributed by atoms with Gasteiger partial charge in [-0.05, 0) is 38.0 Å². The fourth-order valence-electron chi connectivity index (χ4n) is 4.85. The molecule has 0 aromatic rings. The Labute approximate surface area is 225 Å². The van der Waals surface area contributed by atoms with Crippen LogP contribution in [-0.2, 0) is 9.59 Å². The first kappa shape index (κ1) is 34.9. The highest BCUT2D eigenvalue weighted by atomic mass is 16.2. The number of carbonyl (C=O) groups excluding carboxylic acids is 2. The Morgan fingerprint density at radius 1 is 0.528 bits per heavy atom. The van der Waals surface area contributed by atoms with Crippen LogP contribution in [0.25, 0.3) is 0 Å². The highest BCUT2D eigenvalue weighted by Gasteiger charge is 2.15. The van der Waals surface area contributed by atoms with Gasteiger partial charge in [-0.1, -0.05) is 130 Å². The van der Waals surface area contributed by atoms with Gasteiger partial charge in [0.05, 0.1) is 0 Å². The van der Waals surface area contributed by atoms with Gasteiger partial charge in [0.1, 0.15) is 0 Å². The molecule has 1 atom stereocenters. The molecule has 2 amide bonds. The predicted molar refractivity (Wildman–Crippen MR) is 157 cm³/mol. The normalized spacial score (nSPS) is 12.1. The molecule has 214 valence electrons. The number of nitrogens with one attached hydrogen (secondary N) is 2. The number of hydrogen-bond donors (Lipinski definition) is 2. The van der Waals surface area contributed by atoms with Crippen LogP contribution in [0.5, 0.6) is 0 Å². The first-order valence-electron chi connectivity index (χ1n) is 16.1. The lowest BCUT2D eigenvalue weighted by Gasteiger charge is -2.22. The van der Waals surface area contributed by atoms with Crippen LogP contribution in [-0.4, -0.2) is 24.4 Å². The number of rotatable bonds is 27. The molecule has 0 aliphatic heterocycles. The molecule has 4 heteroatoms. The van der Waals surface area contributed by atoms with Gasteiger partial charge in [0, 0.05) is 25.4 Å². The Morgan fingerprint density at radius 3 is 1.39 bits per heavy atom. The van der Waals surface area contributed by atoms with E-state index in [1.54, 1.807) is 0 Å². The molecule has 0 aliphatic carbocycles. The van der Waals surface area contributed by atoms with Crippen molar-refractivity contribution in [2.45, 2.75) is 181 Å². The van der Waals surface area contributed by atoms with Crippen LogP contribution in [0.2, 0.25) is 0 Å². The van der Waals surface area contributed by atoms with Crippen LogP contribution in [0.1, 0.15) is 175 Å². The molecule has 0 unspecified atom stereocenters. The van der Waals surface area contributed by atoms with Crippen molar-refractivity contribution in [3.8, 4) is 0 Å². The zero-order chi connectivity index (χ0) is 26.7. The summed E-state index contributed by atoms with van der Waals surface area (Å²) in [6.45, 7) is 9.66. The van der Waals surface area contributed by atoms with Gasteiger partial charge in [-0.15, -0.1) is 0 Å². The van der Waals surface area contributed by atoms with Crippen molar-refractivity contribution in [3.05, 3.63) is 0 Å². The fourth-order valence-corrected chi connectivity index (χ4v) is 4.85. The maximum atomic E-state index is 12.4. The SMILES string of the molecule is CCCCCCCCCCCC(=O)NCCCC[C@H](NC(=O)CCCCCCCCCCC)C(C)C. The highest BCUT2D eigenvalue weighted by molar-refractivity contribution is 5.76. The summed E-state index contributed by atoms with van der Waals surface area (Å²) in [4.78, 5) is 24.5. The van der Waals surface area contributed by atoms with Crippen LogP contribution in [0.15, 0.2) is 0 Å². The first-order chi connectivity index (χ1) is 17.5. The Morgan fingerprint density at radius 2 is 0.944 bits per heavy atom. The van der Waals surface area contributed by atoms with Gasteiger partial charge in [-0.3, -0.25) is 9.59 Å².